The maximum absolute atomic E-state index is 11.6. The van der Waals surface area contributed by atoms with Crippen LogP contribution in [0.5, 0.6) is 0 Å². The van der Waals surface area contributed by atoms with Crippen LogP contribution in [0.2, 0.25) is 0 Å². The summed E-state index contributed by atoms with van der Waals surface area (Å²) in [4.78, 5) is 21.9. The molecule has 0 aliphatic carbocycles. The number of aryl methyl sites for hydroxylation is 2. The van der Waals surface area contributed by atoms with Crippen molar-refractivity contribution in [3.63, 3.8) is 0 Å². The van der Waals surface area contributed by atoms with E-state index >= 15 is 0 Å². The summed E-state index contributed by atoms with van der Waals surface area (Å²) >= 11 is 0. The first-order chi connectivity index (χ1) is 13.1. The van der Waals surface area contributed by atoms with Crippen LogP contribution in [-0.4, -0.2) is 22.4 Å². The Balaban J connectivity index is 1.92. The Kier molecular flexibility index (Phi) is 8.42. The van der Waals surface area contributed by atoms with Gasteiger partial charge in [0.25, 0.3) is 0 Å². The van der Waals surface area contributed by atoms with Gasteiger partial charge in [-0.3, -0.25) is 20.2 Å². The average Bonchev–Trinajstić information content (AvgIpc) is 2.66. The molecule has 0 heterocycles. The summed E-state index contributed by atoms with van der Waals surface area (Å²) in [6.07, 6.45) is 3.76. The monoisotopic (exact) mass is 370 g/mol. The molecule has 27 heavy (non-hydrogen) atoms. The van der Waals surface area contributed by atoms with Gasteiger partial charge >= 0.3 is 0 Å². The molecule has 2 aromatic carbocycles. The molecule has 2 atom stereocenters. The maximum Gasteiger partial charge on any atom is 0.222 e. The largest absolute Gasteiger partial charge is 0.265 e. The lowest BCUT2D eigenvalue weighted by Gasteiger charge is -2.18. The lowest BCUT2D eigenvalue weighted by atomic mass is 9.89. The number of hydrogen-bond acceptors (Lipinski definition) is 4. The Morgan fingerprint density at radius 3 is 1.67 bits per heavy atom. The van der Waals surface area contributed by atoms with Crippen LogP contribution in [0, 0.1) is 26.1 Å². The summed E-state index contributed by atoms with van der Waals surface area (Å²) < 4.78 is 0. The van der Waals surface area contributed by atoms with E-state index in [0.717, 1.165) is 24.0 Å². The van der Waals surface area contributed by atoms with Gasteiger partial charge in [-0.15, -0.1) is 0 Å². The molecule has 0 bridgehead atoms. The van der Waals surface area contributed by atoms with E-state index in [1.807, 2.05) is 60.7 Å². The second-order valence-corrected chi connectivity index (χ2v) is 6.88. The summed E-state index contributed by atoms with van der Waals surface area (Å²) in [7, 11) is 0. The molecular formula is C21H26N2O4. The predicted molar refractivity (Wildman–Crippen MR) is 105 cm³/mol. The van der Waals surface area contributed by atoms with Gasteiger partial charge in [0.05, 0.1) is 5.92 Å². The van der Waals surface area contributed by atoms with Gasteiger partial charge in [0.1, 0.15) is 0 Å². The Bertz CT molecular complexity index is 707. The smallest absolute Gasteiger partial charge is 0.222 e. The summed E-state index contributed by atoms with van der Waals surface area (Å²) in [6, 6.07) is 18.8. The van der Waals surface area contributed by atoms with Crippen molar-refractivity contribution in [1.82, 2.24) is 0 Å². The van der Waals surface area contributed by atoms with E-state index in [1.54, 1.807) is 0 Å². The predicted octanol–water partition coefficient (Wildman–Crippen LogP) is 4.57. The quantitative estimate of drug-likeness (QED) is 0.404. The van der Waals surface area contributed by atoms with Crippen LogP contribution in [0.1, 0.15) is 36.8 Å². The summed E-state index contributed by atoms with van der Waals surface area (Å²) in [5, 5.41) is 22.6. The van der Waals surface area contributed by atoms with Crippen molar-refractivity contribution in [3.8, 4) is 0 Å². The highest BCUT2D eigenvalue weighted by Crippen LogP contribution is 2.21. The molecule has 6 nitrogen and oxygen atoms in total. The van der Waals surface area contributed by atoms with Gasteiger partial charge in [-0.2, -0.15) is 0 Å². The average molecular weight is 370 g/mol. The van der Waals surface area contributed by atoms with Crippen molar-refractivity contribution >= 4 is 0 Å². The fourth-order valence-electron chi connectivity index (χ4n) is 3.48. The van der Waals surface area contributed by atoms with E-state index in [2.05, 4.69) is 0 Å². The fraction of sp³-hybridized carbons (Fsp3) is 0.429. The van der Waals surface area contributed by atoms with E-state index < -0.39 is 16.9 Å². The Morgan fingerprint density at radius 1 is 0.741 bits per heavy atom. The van der Waals surface area contributed by atoms with E-state index in [9.17, 15) is 20.2 Å². The molecule has 144 valence electrons. The number of benzene rings is 2. The topological polar surface area (TPSA) is 86.3 Å². The van der Waals surface area contributed by atoms with E-state index in [4.69, 9.17) is 0 Å². The van der Waals surface area contributed by atoms with Crippen LogP contribution in [0.4, 0.5) is 0 Å². The molecular weight excluding hydrogens is 344 g/mol. The van der Waals surface area contributed by atoms with E-state index in [0.29, 0.717) is 25.7 Å². The molecule has 2 aromatic rings. The lowest BCUT2D eigenvalue weighted by Crippen LogP contribution is -2.34. The minimum absolute atomic E-state index is 0.318. The maximum atomic E-state index is 11.6. The second kappa shape index (κ2) is 11.1. The summed E-state index contributed by atoms with van der Waals surface area (Å²) in [5.41, 5.74) is 2.29. The summed E-state index contributed by atoms with van der Waals surface area (Å²) in [6.45, 7) is -0.341. The molecule has 0 saturated heterocycles. The number of nitrogens with zero attached hydrogens (tertiary/aromatic N) is 2. The van der Waals surface area contributed by atoms with Gasteiger partial charge in [0.2, 0.25) is 12.6 Å². The van der Waals surface area contributed by atoms with Crippen LogP contribution in [0.15, 0.2) is 60.7 Å². The molecule has 2 rings (SSSR count). The van der Waals surface area contributed by atoms with Crippen LogP contribution in [-0.2, 0) is 12.8 Å². The van der Waals surface area contributed by atoms with Gasteiger partial charge in [0.15, 0.2) is 0 Å². The van der Waals surface area contributed by atoms with Crippen molar-refractivity contribution in [2.45, 2.75) is 44.6 Å². The molecule has 0 N–H and O–H groups in total. The zero-order valence-electron chi connectivity index (χ0n) is 15.4. The molecule has 0 aliphatic heterocycles. The molecule has 2 unspecified atom stereocenters. The van der Waals surface area contributed by atoms with Crippen molar-refractivity contribution in [2.75, 3.05) is 6.54 Å². The fourth-order valence-corrected chi connectivity index (χ4v) is 3.48. The highest BCUT2D eigenvalue weighted by atomic mass is 16.6. The highest BCUT2D eigenvalue weighted by Gasteiger charge is 2.34. The first-order valence-corrected chi connectivity index (χ1v) is 9.39. The third kappa shape index (κ3) is 7.56. The number of hydrogen-bond donors (Lipinski definition) is 0. The zero-order valence-corrected chi connectivity index (χ0v) is 15.4. The number of nitro groups is 2. The summed E-state index contributed by atoms with van der Waals surface area (Å²) in [5.74, 6) is -0.533. The molecule has 0 aliphatic rings. The normalized spacial score (nSPS) is 13.0. The van der Waals surface area contributed by atoms with Crippen molar-refractivity contribution in [2.24, 2.45) is 5.92 Å². The lowest BCUT2D eigenvalue weighted by molar-refractivity contribution is -0.556. The molecule has 0 aromatic heterocycles. The van der Waals surface area contributed by atoms with Crippen LogP contribution in [0.25, 0.3) is 0 Å². The third-order valence-electron chi connectivity index (χ3n) is 4.89. The standard InChI is InChI=1S/C21H26N2O4/c24-22(25)17-20(15-7-13-18-9-3-1-4-10-18)21(23(26)27)16-8-14-19-11-5-2-6-12-19/h1-6,9-12,20-21H,7-8,13-17H2. The van der Waals surface area contributed by atoms with Gasteiger partial charge in [-0.25, -0.2) is 0 Å². The third-order valence-corrected chi connectivity index (χ3v) is 4.89. The minimum Gasteiger partial charge on any atom is -0.265 e. The van der Waals surface area contributed by atoms with Crippen molar-refractivity contribution < 1.29 is 9.85 Å². The first-order valence-electron chi connectivity index (χ1n) is 9.39. The Labute approximate surface area is 159 Å². The van der Waals surface area contributed by atoms with Crippen LogP contribution in [0.3, 0.4) is 0 Å². The van der Waals surface area contributed by atoms with Gasteiger partial charge in [-0.05, 0) is 43.2 Å². The molecule has 6 heteroatoms. The van der Waals surface area contributed by atoms with Crippen molar-refractivity contribution in [3.05, 3.63) is 92.0 Å². The van der Waals surface area contributed by atoms with Crippen LogP contribution >= 0.6 is 0 Å². The molecule has 0 fully saturated rings. The molecule has 0 radical (unpaired) electrons. The minimum atomic E-state index is -0.866. The zero-order chi connectivity index (χ0) is 19.5. The molecule has 0 amide bonds. The van der Waals surface area contributed by atoms with Crippen LogP contribution < -0.4 is 0 Å². The SMILES string of the molecule is O=[N+]([O-])CC(CCCc1ccccc1)C(CCCc1ccccc1)[N+](=O)[O-]. The number of rotatable bonds is 12. The van der Waals surface area contributed by atoms with E-state index in [1.165, 1.54) is 0 Å². The van der Waals surface area contributed by atoms with Gasteiger partial charge < -0.3 is 0 Å². The highest BCUT2D eigenvalue weighted by molar-refractivity contribution is 5.15. The first kappa shape index (κ1) is 20.6. The Morgan fingerprint density at radius 2 is 1.22 bits per heavy atom. The van der Waals surface area contributed by atoms with Gasteiger partial charge in [-0.1, -0.05) is 60.7 Å². The van der Waals surface area contributed by atoms with Crippen molar-refractivity contribution in [1.29, 1.82) is 0 Å². The second-order valence-electron chi connectivity index (χ2n) is 6.88. The molecule has 0 saturated carbocycles. The molecule has 0 spiro atoms. The Hall–Kier alpha value is -2.76. The van der Waals surface area contributed by atoms with E-state index in [-0.39, 0.29) is 11.5 Å². The van der Waals surface area contributed by atoms with Gasteiger partial charge in [0, 0.05) is 16.3 Å².